The van der Waals surface area contributed by atoms with Gasteiger partial charge in [0.15, 0.2) is 0 Å². The number of hydrogen-bond acceptors (Lipinski definition) is 5. The number of carbonyl (C=O) groups excluding carboxylic acids is 1. The first-order chi connectivity index (χ1) is 9.15. The van der Waals surface area contributed by atoms with Gasteiger partial charge in [0.1, 0.15) is 6.54 Å². The lowest BCUT2D eigenvalue weighted by atomic mass is 9.84. The molecule has 0 aromatic carbocycles. The highest BCUT2D eigenvalue weighted by molar-refractivity contribution is 6.46. The van der Waals surface area contributed by atoms with Crippen molar-refractivity contribution in [2.75, 3.05) is 6.61 Å². The van der Waals surface area contributed by atoms with Crippen molar-refractivity contribution in [3.8, 4) is 0 Å². The molecule has 0 aliphatic carbocycles. The van der Waals surface area contributed by atoms with E-state index in [1.54, 1.807) is 47.0 Å². The first-order valence-corrected chi connectivity index (χ1v) is 6.57. The second-order valence-electron chi connectivity index (χ2n) is 5.58. The first-order valence-electron chi connectivity index (χ1n) is 6.57. The van der Waals surface area contributed by atoms with E-state index in [2.05, 4.69) is 5.10 Å². The molecular weight excluding hydrogens is 259 g/mol. The Kier molecular flexibility index (Phi) is 5.36. The van der Waals surface area contributed by atoms with Gasteiger partial charge in [-0.3, -0.25) is 9.48 Å². The molecule has 0 spiro atoms. The minimum atomic E-state index is -0.982. The van der Waals surface area contributed by atoms with Gasteiger partial charge >= 0.3 is 13.5 Å². The monoisotopic (exact) mass is 281 g/mol. The molecule has 1 heterocycles. The van der Waals surface area contributed by atoms with Crippen LogP contribution >= 0.6 is 0 Å². The first kappa shape index (κ1) is 16.7. The van der Waals surface area contributed by atoms with Gasteiger partial charge in [0.25, 0.3) is 0 Å². The van der Waals surface area contributed by atoms with Crippen LogP contribution in [0.4, 0.5) is 0 Å². The van der Waals surface area contributed by atoms with Gasteiger partial charge in [-0.1, -0.05) is 0 Å². The quantitative estimate of drug-likeness (QED) is 0.573. The van der Waals surface area contributed by atoms with Gasteiger partial charge in [-0.05, 0) is 40.1 Å². The Hall–Kier alpha value is -1.34. The van der Waals surface area contributed by atoms with Crippen LogP contribution in [0.5, 0.6) is 0 Å². The largest absolute Gasteiger partial charge is 0.465 e. The predicted molar refractivity (Wildman–Crippen MR) is 75.7 cm³/mol. The molecular formula is C13H22BN2O4. The van der Waals surface area contributed by atoms with Crippen molar-refractivity contribution in [1.82, 2.24) is 9.78 Å². The number of rotatable bonds is 7. The lowest BCUT2D eigenvalue weighted by Gasteiger charge is -2.37. The third kappa shape index (κ3) is 4.65. The molecule has 1 N–H and O–H groups in total. The van der Waals surface area contributed by atoms with Gasteiger partial charge in [0, 0.05) is 12.4 Å². The summed E-state index contributed by atoms with van der Waals surface area (Å²) in [5.74, 6) is -0.333. The molecule has 1 rings (SSSR count). The van der Waals surface area contributed by atoms with E-state index in [0.717, 1.165) is 0 Å². The molecule has 111 valence electrons. The maximum atomic E-state index is 11.3. The molecule has 0 saturated heterocycles. The third-order valence-electron chi connectivity index (χ3n) is 3.21. The van der Waals surface area contributed by atoms with Crippen LogP contribution in [0.25, 0.3) is 0 Å². The SMILES string of the molecule is CCOC(=O)Cn1cc([B]OC(C)(C)C(C)(C)O)cn1. The number of ether oxygens (including phenoxy) is 1. The Morgan fingerprint density at radius 3 is 2.65 bits per heavy atom. The summed E-state index contributed by atoms with van der Waals surface area (Å²) in [4.78, 5) is 11.3. The van der Waals surface area contributed by atoms with Crippen molar-refractivity contribution in [2.24, 2.45) is 0 Å². The highest BCUT2D eigenvalue weighted by atomic mass is 16.5. The fourth-order valence-corrected chi connectivity index (χ4v) is 1.23. The van der Waals surface area contributed by atoms with Crippen LogP contribution in [0.3, 0.4) is 0 Å². The molecule has 0 aliphatic rings. The summed E-state index contributed by atoms with van der Waals surface area (Å²) in [6, 6.07) is 0. The molecule has 0 atom stereocenters. The van der Waals surface area contributed by atoms with Crippen molar-refractivity contribution in [3.05, 3.63) is 12.4 Å². The number of nitrogens with zero attached hydrogens (tertiary/aromatic N) is 2. The van der Waals surface area contributed by atoms with E-state index in [-0.39, 0.29) is 12.5 Å². The van der Waals surface area contributed by atoms with E-state index >= 15 is 0 Å². The molecule has 7 heteroatoms. The molecule has 1 radical (unpaired) electrons. The van der Waals surface area contributed by atoms with Gasteiger partial charge in [0.05, 0.1) is 17.8 Å². The van der Waals surface area contributed by atoms with E-state index in [1.807, 2.05) is 0 Å². The van der Waals surface area contributed by atoms with Crippen molar-refractivity contribution in [3.63, 3.8) is 0 Å². The average molecular weight is 281 g/mol. The normalized spacial score (nSPS) is 12.3. The zero-order valence-corrected chi connectivity index (χ0v) is 12.7. The van der Waals surface area contributed by atoms with Crippen molar-refractivity contribution < 1.29 is 19.3 Å². The number of carbonyl (C=O) groups is 1. The Balaban J connectivity index is 2.55. The summed E-state index contributed by atoms with van der Waals surface area (Å²) in [6.45, 7) is 9.14. The number of aliphatic hydroxyl groups is 1. The van der Waals surface area contributed by atoms with Gasteiger partial charge in [-0.25, -0.2) is 0 Å². The molecule has 0 unspecified atom stereocenters. The highest BCUT2D eigenvalue weighted by Crippen LogP contribution is 2.24. The minimum Gasteiger partial charge on any atom is -0.465 e. The Morgan fingerprint density at radius 2 is 2.10 bits per heavy atom. The van der Waals surface area contributed by atoms with Crippen LogP contribution in [-0.4, -0.2) is 46.1 Å². The second-order valence-corrected chi connectivity index (χ2v) is 5.58. The molecule has 0 amide bonds. The molecule has 1 aromatic rings. The Morgan fingerprint density at radius 1 is 1.45 bits per heavy atom. The Bertz CT molecular complexity index is 451. The van der Waals surface area contributed by atoms with Gasteiger partial charge < -0.3 is 14.5 Å². The topological polar surface area (TPSA) is 73.6 Å². The van der Waals surface area contributed by atoms with E-state index in [9.17, 15) is 9.90 Å². The summed E-state index contributed by atoms with van der Waals surface area (Å²) >= 11 is 0. The molecule has 0 aliphatic heterocycles. The van der Waals surface area contributed by atoms with Gasteiger partial charge in [0.2, 0.25) is 0 Å². The summed E-state index contributed by atoms with van der Waals surface area (Å²) < 4.78 is 11.9. The van der Waals surface area contributed by atoms with Crippen LogP contribution < -0.4 is 5.46 Å². The maximum Gasteiger partial charge on any atom is 0.334 e. The van der Waals surface area contributed by atoms with E-state index in [4.69, 9.17) is 9.39 Å². The van der Waals surface area contributed by atoms with Crippen LogP contribution in [0.2, 0.25) is 0 Å². The molecule has 0 saturated carbocycles. The van der Waals surface area contributed by atoms with Gasteiger partial charge in [-0.2, -0.15) is 5.10 Å². The van der Waals surface area contributed by atoms with Crippen LogP contribution in [0.1, 0.15) is 34.6 Å². The fourth-order valence-electron chi connectivity index (χ4n) is 1.23. The molecule has 1 aromatic heterocycles. The zero-order valence-electron chi connectivity index (χ0n) is 12.7. The molecule has 0 bridgehead atoms. The summed E-state index contributed by atoms with van der Waals surface area (Å²) in [6.07, 6.45) is 3.26. The number of hydrogen-bond donors (Lipinski definition) is 1. The third-order valence-corrected chi connectivity index (χ3v) is 3.21. The minimum absolute atomic E-state index is 0.0660. The summed E-state index contributed by atoms with van der Waals surface area (Å²) in [5.41, 5.74) is -1.01. The summed E-state index contributed by atoms with van der Waals surface area (Å²) in [5, 5.41) is 14.0. The Labute approximate surface area is 120 Å². The second kappa shape index (κ2) is 6.41. The van der Waals surface area contributed by atoms with Crippen LogP contribution in [0.15, 0.2) is 12.4 Å². The lowest BCUT2D eigenvalue weighted by Crippen LogP contribution is -2.49. The van der Waals surface area contributed by atoms with E-state index < -0.39 is 11.2 Å². The summed E-state index contributed by atoms with van der Waals surface area (Å²) in [7, 11) is 1.52. The average Bonchev–Trinajstić information content (AvgIpc) is 2.73. The highest BCUT2D eigenvalue weighted by Gasteiger charge is 2.35. The molecule has 0 fully saturated rings. The van der Waals surface area contributed by atoms with E-state index in [1.165, 1.54) is 12.2 Å². The van der Waals surface area contributed by atoms with Crippen LogP contribution in [0, 0.1) is 0 Å². The van der Waals surface area contributed by atoms with E-state index in [0.29, 0.717) is 12.1 Å². The van der Waals surface area contributed by atoms with Crippen molar-refractivity contribution >= 4 is 18.9 Å². The standard InChI is InChI=1S/C13H22BN2O4/c1-6-19-11(17)9-16-8-10(7-15-16)14-20-13(4,5)12(2,3)18/h7-8,18H,6,9H2,1-5H3. The molecule has 6 nitrogen and oxygen atoms in total. The predicted octanol–water partition coefficient (Wildman–Crippen LogP) is 0.257. The fraction of sp³-hybridized carbons (Fsp3) is 0.692. The van der Waals surface area contributed by atoms with Gasteiger partial charge in [-0.15, -0.1) is 0 Å². The number of esters is 1. The lowest BCUT2D eigenvalue weighted by molar-refractivity contribution is -0.144. The zero-order chi connectivity index (χ0) is 15.4. The van der Waals surface area contributed by atoms with Crippen LogP contribution in [-0.2, 0) is 20.7 Å². The maximum absolute atomic E-state index is 11.3. The molecule has 20 heavy (non-hydrogen) atoms. The van der Waals surface area contributed by atoms with Crippen molar-refractivity contribution in [2.45, 2.75) is 52.4 Å². The van der Waals surface area contributed by atoms with Crippen molar-refractivity contribution in [1.29, 1.82) is 0 Å². The smallest absolute Gasteiger partial charge is 0.334 e. The number of aromatic nitrogens is 2.